The van der Waals surface area contributed by atoms with E-state index in [4.69, 9.17) is 11.6 Å². The molecule has 1 aromatic rings. The van der Waals surface area contributed by atoms with Crippen molar-refractivity contribution in [3.63, 3.8) is 0 Å². The molecular formula is C17H24ClNO. The molecule has 0 aromatic heterocycles. The molecule has 1 aliphatic heterocycles. The maximum Gasteiger partial charge on any atom is 0.0700 e. The van der Waals surface area contributed by atoms with Crippen molar-refractivity contribution in [3.8, 4) is 0 Å². The van der Waals surface area contributed by atoms with Crippen molar-refractivity contribution >= 4 is 11.6 Å². The molecule has 2 fully saturated rings. The minimum absolute atomic E-state index is 0.383. The Morgan fingerprint density at radius 1 is 1.35 bits per heavy atom. The first-order valence-corrected chi connectivity index (χ1v) is 8.14. The van der Waals surface area contributed by atoms with E-state index in [2.05, 4.69) is 24.0 Å². The molecule has 0 amide bonds. The summed E-state index contributed by atoms with van der Waals surface area (Å²) in [7, 11) is 0. The number of piperidine rings is 1. The first kappa shape index (κ1) is 14.4. The van der Waals surface area contributed by atoms with Crippen molar-refractivity contribution in [3.05, 3.63) is 34.3 Å². The van der Waals surface area contributed by atoms with Gasteiger partial charge in [-0.3, -0.25) is 4.90 Å². The molecule has 2 nitrogen and oxygen atoms in total. The molecule has 1 heterocycles. The van der Waals surface area contributed by atoms with Gasteiger partial charge in [-0.25, -0.2) is 0 Å². The fourth-order valence-electron chi connectivity index (χ4n) is 3.80. The summed E-state index contributed by atoms with van der Waals surface area (Å²) in [6, 6.07) is 6.30. The van der Waals surface area contributed by atoms with Crippen LogP contribution in [0.25, 0.3) is 0 Å². The molecule has 110 valence electrons. The molecule has 1 aliphatic carbocycles. The summed E-state index contributed by atoms with van der Waals surface area (Å²) < 4.78 is 0. The number of halogens is 1. The lowest BCUT2D eigenvalue weighted by Crippen LogP contribution is -2.52. The van der Waals surface area contributed by atoms with Crippen molar-refractivity contribution in [2.75, 3.05) is 13.1 Å². The van der Waals surface area contributed by atoms with Crippen LogP contribution in [0.4, 0.5) is 0 Å². The van der Waals surface area contributed by atoms with Gasteiger partial charge in [0.25, 0.3) is 0 Å². The Labute approximate surface area is 126 Å². The van der Waals surface area contributed by atoms with Crippen LogP contribution in [0.15, 0.2) is 18.2 Å². The van der Waals surface area contributed by atoms with E-state index in [0.29, 0.717) is 5.92 Å². The van der Waals surface area contributed by atoms with Crippen molar-refractivity contribution in [1.29, 1.82) is 0 Å². The zero-order valence-corrected chi connectivity index (χ0v) is 13.0. The van der Waals surface area contributed by atoms with Gasteiger partial charge in [0.1, 0.15) is 0 Å². The van der Waals surface area contributed by atoms with Gasteiger partial charge >= 0.3 is 0 Å². The second-order valence-corrected chi connectivity index (χ2v) is 7.03. The summed E-state index contributed by atoms with van der Waals surface area (Å²) in [5.41, 5.74) is 2.03. The van der Waals surface area contributed by atoms with Gasteiger partial charge in [0.05, 0.1) is 5.60 Å². The van der Waals surface area contributed by atoms with Gasteiger partial charge < -0.3 is 5.11 Å². The third-order valence-electron chi connectivity index (χ3n) is 5.11. The number of fused-ring (bicyclic) bond motifs is 1. The number of aliphatic hydroxyl groups is 1. The summed E-state index contributed by atoms with van der Waals surface area (Å²) >= 11 is 6.34. The predicted molar refractivity (Wildman–Crippen MR) is 83.0 cm³/mol. The van der Waals surface area contributed by atoms with Crippen LogP contribution in [-0.2, 0) is 6.54 Å². The van der Waals surface area contributed by atoms with Crippen LogP contribution in [0.1, 0.15) is 43.2 Å². The van der Waals surface area contributed by atoms with E-state index >= 15 is 0 Å². The van der Waals surface area contributed by atoms with Crippen molar-refractivity contribution in [1.82, 2.24) is 4.90 Å². The molecule has 1 saturated heterocycles. The molecule has 3 heteroatoms. The fourth-order valence-corrected chi connectivity index (χ4v) is 4.10. The lowest BCUT2D eigenvalue weighted by molar-refractivity contribution is -0.0967. The van der Waals surface area contributed by atoms with Crippen LogP contribution < -0.4 is 0 Å². The zero-order chi connectivity index (χ0) is 14.2. The first-order chi connectivity index (χ1) is 9.57. The highest BCUT2D eigenvalue weighted by Gasteiger charge is 2.42. The van der Waals surface area contributed by atoms with E-state index in [9.17, 15) is 5.11 Å². The molecule has 0 bridgehead atoms. The van der Waals surface area contributed by atoms with E-state index in [0.717, 1.165) is 37.5 Å². The van der Waals surface area contributed by atoms with Crippen LogP contribution in [-0.4, -0.2) is 28.7 Å². The smallest absolute Gasteiger partial charge is 0.0700 e. The Kier molecular flexibility index (Phi) is 4.07. The Morgan fingerprint density at radius 2 is 2.20 bits per heavy atom. The van der Waals surface area contributed by atoms with Crippen molar-refractivity contribution in [2.45, 2.75) is 51.2 Å². The lowest BCUT2D eigenvalue weighted by Gasteiger charge is -2.47. The number of benzene rings is 1. The number of hydrogen-bond acceptors (Lipinski definition) is 2. The second kappa shape index (κ2) is 5.67. The molecule has 1 aromatic carbocycles. The van der Waals surface area contributed by atoms with Gasteiger partial charge in [-0.1, -0.05) is 36.6 Å². The topological polar surface area (TPSA) is 23.5 Å². The first-order valence-electron chi connectivity index (χ1n) is 7.77. The van der Waals surface area contributed by atoms with Gasteiger partial charge in [-0.05, 0) is 43.4 Å². The third-order valence-corrected chi connectivity index (χ3v) is 5.47. The number of likely N-dealkylation sites (tertiary alicyclic amines) is 1. The van der Waals surface area contributed by atoms with Gasteiger partial charge in [0, 0.05) is 30.6 Å². The maximum absolute atomic E-state index is 10.7. The molecule has 2 aliphatic rings. The monoisotopic (exact) mass is 293 g/mol. The SMILES string of the molecule is Cc1ccc(CN2CCC3(O)CCCCC3C2)c(Cl)c1. The fraction of sp³-hybridized carbons (Fsp3) is 0.647. The molecule has 2 unspecified atom stereocenters. The largest absolute Gasteiger partial charge is 0.390 e. The van der Waals surface area contributed by atoms with Gasteiger partial charge in [-0.15, -0.1) is 0 Å². The summed E-state index contributed by atoms with van der Waals surface area (Å²) in [4.78, 5) is 2.46. The summed E-state index contributed by atoms with van der Waals surface area (Å²) in [6.45, 7) is 4.97. The average Bonchev–Trinajstić information content (AvgIpc) is 2.42. The van der Waals surface area contributed by atoms with Crippen molar-refractivity contribution < 1.29 is 5.11 Å². The number of rotatable bonds is 2. The molecule has 1 N–H and O–H groups in total. The Morgan fingerprint density at radius 3 is 3.00 bits per heavy atom. The van der Waals surface area contributed by atoms with Crippen LogP contribution >= 0.6 is 11.6 Å². The maximum atomic E-state index is 10.7. The van der Waals surface area contributed by atoms with Crippen LogP contribution in [0.5, 0.6) is 0 Å². The summed E-state index contributed by atoms with van der Waals surface area (Å²) in [5.74, 6) is 0.453. The minimum atomic E-state index is -0.383. The second-order valence-electron chi connectivity index (χ2n) is 6.63. The van der Waals surface area contributed by atoms with Crippen LogP contribution in [0.2, 0.25) is 5.02 Å². The molecule has 3 rings (SSSR count). The van der Waals surface area contributed by atoms with E-state index in [-0.39, 0.29) is 5.60 Å². The molecule has 0 spiro atoms. The normalized spacial score (nSPS) is 31.1. The van der Waals surface area contributed by atoms with E-state index in [1.54, 1.807) is 0 Å². The highest BCUT2D eigenvalue weighted by Crippen LogP contribution is 2.40. The Balaban J connectivity index is 1.67. The van der Waals surface area contributed by atoms with E-state index < -0.39 is 0 Å². The summed E-state index contributed by atoms with van der Waals surface area (Å²) in [5, 5.41) is 11.6. The number of hydrogen-bond donors (Lipinski definition) is 1. The highest BCUT2D eigenvalue weighted by atomic mass is 35.5. The third kappa shape index (κ3) is 2.88. The van der Waals surface area contributed by atoms with Crippen LogP contribution in [0, 0.1) is 12.8 Å². The van der Waals surface area contributed by atoms with Gasteiger partial charge in [-0.2, -0.15) is 0 Å². The molecule has 20 heavy (non-hydrogen) atoms. The minimum Gasteiger partial charge on any atom is -0.390 e. The molecule has 0 radical (unpaired) electrons. The Hall–Kier alpha value is -0.570. The zero-order valence-electron chi connectivity index (χ0n) is 12.2. The standard InChI is InChI=1S/C17H24ClNO/c1-13-5-6-14(16(18)10-13)11-19-9-8-17(20)7-3-2-4-15(17)12-19/h5-6,10,15,20H,2-4,7-9,11-12H2,1H3. The molecule has 2 atom stereocenters. The molecular weight excluding hydrogens is 270 g/mol. The molecule has 1 saturated carbocycles. The number of nitrogens with zero attached hydrogens (tertiary/aromatic N) is 1. The quantitative estimate of drug-likeness (QED) is 0.897. The van der Waals surface area contributed by atoms with E-state index in [1.165, 1.54) is 30.4 Å². The predicted octanol–water partition coefficient (Wildman–Crippen LogP) is 3.78. The summed E-state index contributed by atoms with van der Waals surface area (Å²) in [6.07, 6.45) is 5.55. The lowest BCUT2D eigenvalue weighted by atomic mass is 9.71. The van der Waals surface area contributed by atoms with E-state index in [1.807, 2.05) is 6.07 Å². The average molecular weight is 294 g/mol. The Bertz CT molecular complexity index is 490. The van der Waals surface area contributed by atoms with Gasteiger partial charge in [0.15, 0.2) is 0 Å². The highest BCUT2D eigenvalue weighted by molar-refractivity contribution is 6.31. The van der Waals surface area contributed by atoms with Crippen molar-refractivity contribution in [2.24, 2.45) is 5.92 Å². The number of aryl methyl sites for hydroxylation is 1. The van der Waals surface area contributed by atoms with Gasteiger partial charge in [0.2, 0.25) is 0 Å². The van der Waals surface area contributed by atoms with Crippen LogP contribution in [0.3, 0.4) is 0 Å².